The van der Waals surface area contributed by atoms with Gasteiger partial charge in [0.25, 0.3) is 11.5 Å². The summed E-state index contributed by atoms with van der Waals surface area (Å²) in [7, 11) is 0. The van der Waals surface area contributed by atoms with Crippen molar-refractivity contribution in [3.63, 3.8) is 0 Å². The van der Waals surface area contributed by atoms with Crippen LogP contribution >= 0.6 is 0 Å². The summed E-state index contributed by atoms with van der Waals surface area (Å²) in [4.78, 5) is 38.8. The zero-order valence-electron chi connectivity index (χ0n) is 13.5. The van der Waals surface area contributed by atoms with Gasteiger partial charge < -0.3 is 15.0 Å². The number of ether oxygens (including phenoxy) is 1. The largest absolute Gasteiger partial charge is 0.462 e. The number of esters is 1. The number of pyridine rings is 1. The Kier molecular flexibility index (Phi) is 4.61. The average molecular weight is 336 g/mol. The topological polar surface area (TPSA) is 88.3 Å². The van der Waals surface area contributed by atoms with Crippen LogP contribution in [0.5, 0.6) is 0 Å². The molecule has 0 bridgehead atoms. The van der Waals surface area contributed by atoms with Crippen molar-refractivity contribution in [3.05, 3.63) is 76.2 Å². The van der Waals surface area contributed by atoms with Crippen LogP contribution in [0.15, 0.2) is 59.4 Å². The first kappa shape index (κ1) is 16.4. The molecule has 3 aromatic rings. The van der Waals surface area contributed by atoms with Crippen LogP contribution in [0.3, 0.4) is 0 Å². The highest BCUT2D eigenvalue weighted by molar-refractivity contribution is 6.05. The molecule has 2 aromatic carbocycles. The van der Waals surface area contributed by atoms with Crippen molar-refractivity contribution >= 4 is 28.3 Å². The number of amides is 1. The molecule has 0 radical (unpaired) electrons. The summed E-state index contributed by atoms with van der Waals surface area (Å²) in [5.41, 5.74) is 0.588. The molecule has 3 rings (SSSR count). The van der Waals surface area contributed by atoms with Crippen molar-refractivity contribution in [2.24, 2.45) is 0 Å². The molecular formula is C19H16N2O4. The van der Waals surface area contributed by atoms with Crippen LogP contribution in [0, 0.1) is 0 Å². The number of hydrogen-bond acceptors (Lipinski definition) is 4. The molecule has 0 aliphatic heterocycles. The monoisotopic (exact) mass is 336 g/mol. The summed E-state index contributed by atoms with van der Waals surface area (Å²) in [5, 5.41) is 3.87. The molecule has 6 nitrogen and oxygen atoms in total. The molecule has 25 heavy (non-hydrogen) atoms. The summed E-state index contributed by atoms with van der Waals surface area (Å²) >= 11 is 0. The lowest BCUT2D eigenvalue weighted by atomic mass is 10.1. The number of aromatic amines is 1. The van der Waals surface area contributed by atoms with Crippen LogP contribution in [-0.4, -0.2) is 23.5 Å². The maximum absolute atomic E-state index is 12.4. The Bertz CT molecular complexity index is 1010. The first-order valence-electron chi connectivity index (χ1n) is 7.79. The Morgan fingerprint density at radius 1 is 1.08 bits per heavy atom. The van der Waals surface area contributed by atoms with Gasteiger partial charge in [-0.25, -0.2) is 4.79 Å². The molecule has 126 valence electrons. The van der Waals surface area contributed by atoms with E-state index in [0.29, 0.717) is 22.0 Å². The van der Waals surface area contributed by atoms with Gasteiger partial charge in [0.1, 0.15) is 5.69 Å². The summed E-state index contributed by atoms with van der Waals surface area (Å²) in [6.45, 7) is 1.99. The fourth-order valence-corrected chi connectivity index (χ4v) is 2.47. The van der Waals surface area contributed by atoms with E-state index in [0.717, 1.165) is 0 Å². The van der Waals surface area contributed by atoms with Crippen molar-refractivity contribution in [1.29, 1.82) is 0 Å². The standard InChI is InChI=1S/C19H16N2O4/c1-2-25-19(24)13-7-5-8-14(10-13)20-18(23)16-11-12-6-3-4-9-15(12)17(22)21-16/h3-11H,2H2,1H3,(H,20,23)(H,21,22). The highest BCUT2D eigenvalue weighted by Crippen LogP contribution is 2.14. The van der Waals surface area contributed by atoms with Crippen molar-refractivity contribution in [2.45, 2.75) is 6.92 Å². The van der Waals surface area contributed by atoms with Gasteiger partial charge in [-0.1, -0.05) is 24.3 Å². The number of carbonyl (C=O) groups is 2. The lowest BCUT2D eigenvalue weighted by molar-refractivity contribution is 0.0526. The normalized spacial score (nSPS) is 10.4. The Morgan fingerprint density at radius 2 is 1.88 bits per heavy atom. The fraction of sp³-hybridized carbons (Fsp3) is 0.105. The average Bonchev–Trinajstić information content (AvgIpc) is 2.62. The second-order valence-corrected chi connectivity index (χ2v) is 5.35. The van der Waals surface area contributed by atoms with Gasteiger partial charge in [0.2, 0.25) is 0 Å². The van der Waals surface area contributed by atoms with Gasteiger partial charge in [-0.3, -0.25) is 9.59 Å². The maximum atomic E-state index is 12.4. The van der Waals surface area contributed by atoms with Crippen molar-refractivity contribution < 1.29 is 14.3 Å². The third-order valence-electron chi connectivity index (χ3n) is 3.63. The lowest BCUT2D eigenvalue weighted by Gasteiger charge is -2.08. The second kappa shape index (κ2) is 7.00. The number of H-pyrrole nitrogens is 1. The predicted molar refractivity (Wildman–Crippen MR) is 94.9 cm³/mol. The fourth-order valence-electron chi connectivity index (χ4n) is 2.47. The Balaban J connectivity index is 1.87. The van der Waals surface area contributed by atoms with Gasteiger partial charge in [0, 0.05) is 11.1 Å². The van der Waals surface area contributed by atoms with Crippen LogP contribution in [0.4, 0.5) is 5.69 Å². The molecule has 1 amide bonds. The minimum atomic E-state index is -0.469. The molecule has 0 saturated heterocycles. The smallest absolute Gasteiger partial charge is 0.338 e. The quantitative estimate of drug-likeness (QED) is 0.717. The summed E-state index contributed by atoms with van der Waals surface area (Å²) in [6.07, 6.45) is 0. The van der Waals surface area contributed by atoms with Crippen molar-refractivity contribution in [1.82, 2.24) is 4.98 Å². The third kappa shape index (κ3) is 3.58. The molecule has 0 spiro atoms. The van der Waals surface area contributed by atoms with Crippen molar-refractivity contribution in [2.75, 3.05) is 11.9 Å². The molecule has 0 unspecified atom stereocenters. The number of fused-ring (bicyclic) bond motifs is 1. The minimum Gasteiger partial charge on any atom is -0.462 e. The molecule has 1 aromatic heterocycles. The maximum Gasteiger partial charge on any atom is 0.338 e. The van der Waals surface area contributed by atoms with Gasteiger partial charge in [0.15, 0.2) is 0 Å². The molecule has 2 N–H and O–H groups in total. The number of rotatable bonds is 4. The zero-order chi connectivity index (χ0) is 17.8. The van der Waals surface area contributed by atoms with Crippen LogP contribution in [0.2, 0.25) is 0 Å². The molecule has 0 aliphatic rings. The van der Waals surface area contributed by atoms with Crippen LogP contribution in [0.1, 0.15) is 27.8 Å². The third-order valence-corrected chi connectivity index (χ3v) is 3.63. The summed E-state index contributed by atoms with van der Waals surface area (Å²) in [5.74, 6) is -0.929. The highest BCUT2D eigenvalue weighted by atomic mass is 16.5. The molecular weight excluding hydrogens is 320 g/mol. The van der Waals surface area contributed by atoms with Crippen molar-refractivity contribution in [3.8, 4) is 0 Å². The molecule has 0 aliphatic carbocycles. The van der Waals surface area contributed by atoms with Gasteiger partial charge in [-0.05, 0) is 42.6 Å². The Hall–Kier alpha value is -3.41. The molecule has 0 atom stereocenters. The van der Waals surface area contributed by atoms with E-state index in [1.165, 1.54) is 6.07 Å². The van der Waals surface area contributed by atoms with Gasteiger partial charge in [0.05, 0.1) is 12.2 Å². The van der Waals surface area contributed by atoms with E-state index in [1.54, 1.807) is 55.5 Å². The number of carbonyl (C=O) groups excluding carboxylic acids is 2. The van der Waals surface area contributed by atoms with Crippen LogP contribution in [-0.2, 0) is 4.74 Å². The number of aromatic nitrogens is 1. The van der Waals surface area contributed by atoms with E-state index < -0.39 is 11.9 Å². The van der Waals surface area contributed by atoms with E-state index in [-0.39, 0.29) is 17.9 Å². The van der Waals surface area contributed by atoms with Crippen LogP contribution < -0.4 is 10.9 Å². The number of hydrogen-bond donors (Lipinski definition) is 2. The zero-order valence-corrected chi connectivity index (χ0v) is 13.5. The molecule has 1 heterocycles. The van der Waals surface area contributed by atoms with E-state index in [9.17, 15) is 14.4 Å². The second-order valence-electron chi connectivity index (χ2n) is 5.35. The van der Waals surface area contributed by atoms with Gasteiger partial charge in [-0.15, -0.1) is 0 Å². The Morgan fingerprint density at radius 3 is 2.68 bits per heavy atom. The van der Waals surface area contributed by atoms with Crippen LogP contribution in [0.25, 0.3) is 10.8 Å². The van der Waals surface area contributed by atoms with E-state index >= 15 is 0 Å². The molecule has 6 heteroatoms. The Labute approximate surface area is 143 Å². The predicted octanol–water partition coefficient (Wildman–Crippen LogP) is 2.96. The van der Waals surface area contributed by atoms with Gasteiger partial charge >= 0.3 is 5.97 Å². The van der Waals surface area contributed by atoms with E-state index in [4.69, 9.17) is 4.74 Å². The minimum absolute atomic E-state index is 0.144. The highest BCUT2D eigenvalue weighted by Gasteiger charge is 2.12. The first-order chi connectivity index (χ1) is 12.1. The van der Waals surface area contributed by atoms with E-state index in [2.05, 4.69) is 10.3 Å². The molecule has 0 fully saturated rings. The molecule has 0 saturated carbocycles. The number of benzene rings is 2. The first-order valence-corrected chi connectivity index (χ1v) is 7.79. The lowest BCUT2D eigenvalue weighted by Crippen LogP contribution is -2.19. The number of anilines is 1. The number of nitrogens with one attached hydrogen (secondary N) is 2. The van der Waals surface area contributed by atoms with E-state index in [1.807, 2.05) is 0 Å². The summed E-state index contributed by atoms with van der Waals surface area (Å²) < 4.78 is 4.94. The summed E-state index contributed by atoms with van der Waals surface area (Å²) in [6, 6.07) is 15.1. The SMILES string of the molecule is CCOC(=O)c1cccc(NC(=O)c2cc3ccccc3c(=O)[nH]2)c1. The van der Waals surface area contributed by atoms with Gasteiger partial charge in [-0.2, -0.15) is 0 Å².